The Hall–Kier alpha value is -0.820. The third kappa shape index (κ3) is 2.77. The summed E-state index contributed by atoms with van der Waals surface area (Å²) in [6.45, 7) is 3.43. The molecule has 1 nitrogen and oxygen atoms in total. The Morgan fingerprint density at radius 2 is 1.72 bits per heavy atom. The Labute approximate surface area is 111 Å². The lowest BCUT2D eigenvalue weighted by atomic mass is 9.75. The summed E-state index contributed by atoms with van der Waals surface area (Å²) < 4.78 is 0. The van der Waals surface area contributed by atoms with Crippen LogP contribution in [0, 0.1) is 12.8 Å². The molecule has 18 heavy (non-hydrogen) atoms. The van der Waals surface area contributed by atoms with Gasteiger partial charge in [0.2, 0.25) is 0 Å². The molecule has 1 aromatic rings. The first-order chi connectivity index (χ1) is 8.81. The summed E-state index contributed by atoms with van der Waals surface area (Å²) in [5, 5.41) is 3.77. The van der Waals surface area contributed by atoms with E-state index >= 15 is 0 Å². The van der Waals surface area contributed by atoms with Crippen LogP contribution in [0.5, 0.6) is 0 Å². The summed E-state index contributed by atoms with van der Waals surface area (Å²) in [7, 11) is 0. The number of nitrogens with one attached hydrogen (secondary N) is 1. The predicted molar refractivity (Wildman–Crippen MR) is 76.9 cm³/mol. The first kappa shape index (κ1) is 12.2. The second kappa shape index (κ2) is 5.44. The smallest absolute Gasteiger partial charge is 0.00788 e. The second-order valence-corrected chi connectivity index (χ2v) is 6.33. The van der Waals surface area contributed by atoms with Crippen molar-refractivity contribution in [1.82, 2.24) is 5.32 Å². The van der Waals surface area contributed by atoms with Crippen molar-refractivity contribution in [3.63, 3.8) is 0 Å². The van der Waals surface area contributed by atoms with E-state index in [0.717, 1.165) is 17.9 Å². The molecule has 1 N–H and O–H groups in total. The van der Waals surface area contributed by atoms with Gasteiger partial charge in [0.25, 0.3) is 0 Å². The minimum absolute atomic E-state index is 0.789. The average Bonchev–Trinajstić information content (AvgIpc) is 2.82. The molecule has 2 aliphatic rings. The van der Waals surface area contributed by atoms with Crippen molar-refractivity contribution in [2.24, 2.45) is 5.92 Å². The lowest BCUT2D eigenvalue weighted by molar-refractivity contribution is 0.276. The van der Waals surface area contributed by atoms with Gasteiger partial charge in [0.1, 0.15) is 0 Å². The molecule has 98 valence electrons. The van der Waals surface area contributed by atoms with Gasteiger partial charge in [0, 0.05) is 6.04 Å². The van der Waals surface area contributed by atoms with Crippen LogP contribution in [-0.4, -0.2) is 12.6 Å². The van der Waals surface area contributed by atoms with Crippen LogP contribution in [0.1, 0.15) is 55.6 Å². The molecular formula is C17H25N. The highest BCUT2D eigenvalue weighted by atomic mass is 14.9. The van der Waals surface area contributed by atoms with Gasteiger partial charge in [-0.25, -0.2) is 0 Å². The highest BCUT2D eigenvalue weighted by Gasteiger charge is 2.30. The van der Waals surface area contributed by atoms with E-state index in [4.69, 9.17) is 0 Å². The zero-order chi connectivity index (χ0) is 12.4. The van der Waals surface area contributed by atoms with E-state index in [2.05, 4.69) is 36.5 Å². The quantitative estimate of drug-likeness (QED) is 0.842. The van der Waals surface area contributed by atoms with Gasteiger partial charge in [-0.05, 0) is 56.6 Å². The summed E-state index contributed by atoms with van der Waals surface area (Å²) in [5.74, 6) is 1.79. The van der Waals surface area contributed by atoms with E-state index in [1.807, 2.05) is 0 Å². The van der Waals surface area contributed by atoms with E-state index in [9.17, 15) is 0 Å². The third-order valence-electron chi connectivity index (χ3n) is 4.86. The maximum Gasteiger partial charge on any atom is 0.00788 e. The minimum Gasteiger partial charge on any atom is -0.314 e. The number of hydrogen-bond donors (Lipinski definition) is 1. The van der Waals surface area contributed by atoms with Crippen LogP contribution in [0.25, 0.3) is 0 Å². The molecule has 0 aromatic heterocycles. The van der Waals surface area contributed by atoms with Crippen LogP contribution < -0.4 is 5.32 Å². The fourth-order valence-electron chi connectivity index (χ4n) is 3.44. The molecule has 0 spiro atoms. The number of hydrogen-bond acceptors (Lipinski definition) is 1. The average molecular weight is 243 g/mol. The molecule has 0 bridgehead atoms. The summed E-state index contributed by atoms with van der Waals surface area (Å²) in [5.41, 5.74) is 2.91. The van der Waals surface area contributed by atoms with Crippen LogP contribution in [-0.2, 0) is 0 Å². The largest absolute Gasteiger partial charge is 0.314 e. The number of aryl methyl sites for hydroxylation is 1. The van der Waals surface area contributed by atoms with Crippen molar-refractivity contribution in [1.29, 1.82) is 0 Å². The van der Waals surface area contributed by atoms with Crippen molar-refractivity contribution in [2.45, 2.75) is 57.4 Å². The van der Waals surface area contributed by atoms with Crippen LogP contribution in [0.2, 0.25) is 0 Å². The molecule has 0 saturated heterocycles. The van der Waals surface area contributed by atoms with E-state index in [0.29, 0.717) is 0 Å². The molecule has 1 heteroatoms. The first-order valence-corrected chi connectivity index (χ1v) is 7.61. The van der Waals surface area contributed by atoms with Gasteiger partial charge >= 0.3 is 0 Å². The molecule has 2 saturated carbocycles. The Kier molecular flexibility index (Phi) is 3.69. The van der Waals surface area contributed by atoms with Gasteiger partial charge in [0.05, 0.1) is 0 Å². The molecular weight excluding hydrogens is 218 g/mol. The zero-order valence-corrected chi connectivity index (χ0v) is 11.5. The summed E-state index contributed by atoms with van der Waals surface area (Å²) in [6.07, 6.45) is 8.53. The van der Waals surface area contributed by atoms with Crippen LogP contribution in [0.15, 0.2) is 24.3 Å². The highest BCUT2D eigenvalue weighted by molar-refractivity contribution is 5.26. The molecule has 1 aromatic carbocycles. The molecule has 0 heterocycles. The maximum atomic E-state index is 3.77. The van der Waals surface area contributed by atoms with Gasteiger partial charge in [-0.3, -0.25) is 0 Å². The zero-order valence-electron chi connectivity index (χ0n) is 11.5. The monoisotopic (exact) mass is 243 g/mol. The Balaban J connectivity index is 1.41. The number of benzene rings is 1. The molecule has 0 unspecified atom stereocenters. The molecule has 0 amide bonds. The first-order valence-electron chi connectivity index (χ1n) is 7.61. The summed E-state index contributed by atoms with van der Waals surface area (Å²) >= 11 is 0. The Morgan fingerprint density at radius 3 is 2.39 bits per heavy atom. The molecule has 0 radical (unpaired) electrons. The van der Waals surface area contributed by atoms with Crippen LogP contribution in [0.3, 0.4) is 0 Å². The normalized spacial score (nSPS) is 28.3. The fraction of sp³-hybridized carbons (Fsp3) is 0.647. The van der Waals surface area contributed by atoms with Crippen molar-refractivity contribution in [3.05, 3.63) is 35.4 Å². The Morgan fingerprint density at radius 1 is 1.06 bits per heavy atom. The standard InChI is InChI=1S/C17H25N/c1-13-6-8-15(9-7-13)16-10-17(11-16)18-12-14-4-2-3-5-14/h6-9,14,16-18H,2-5,10-12H2,1H3. The molecule has 3 rings (SSSR count). The van der Waals surface area contributed by atoms with Crippen molar-refractivity contribution in [3.8, 4) is 0 Å². The Bertz CT molecular complexity index is 369. The van der Waals surface area contributed by atoms with Crippen molar-refractivity contribution in [2.75, 3.05) is 6.54 Å². The van der Waals surface area contributed by atoms with Gasteiger partial charge < -0.3 is 5.32 Å². The van der Waals surface area contributed by atoms with E-state index in [1.165, 1.54) is 50.6 Å². The fourth-order valence-corrected chi connectivity index (χ4v) is 3.44. The SMILES string of the molecule is Cc1ccc(C2CC(NCC3CCCC3)C2)cc1. The predicted octanol–water partition coefficient (Wildman–Crippen LogP) is 4.02. The lowest BCUT2D eigenvalue weighted by Crippen LogP contribution is -2.41. The summed E-state index contributed by atoms with van der Waals surface area (Å²) in [4.78, 5) is 0. The van der Waals surface area contributed by atoms with Gasteiger partial charge in [-0.15, -0.1) is 0 Å². The van der Waals surface area contributed by atoms with Crippen molar-refractivity contribution < 1.29 is 0 Å². The van der Waals surface area contributed by atoms with Gasteiger partial charge in [0.15, 0.2) is 0 Å². The molecule has 2 aliphatic carbocycles. The van der Waals surface area contributed by atoms with Crippen LogP contribution >= 0.6 is 0 Å². The number of rotatable bonds is 4. The van der Waals surface area contributed by atoms with Crippen molar-refractivity contribution >= 4 is 0 Å². The minimum atomic E-state index is 0.789. The molecule has 0 atom stereocenters. The molecule has 0 aliphatic heterocycles. The maximum absolute atomic E-state index is 3.77. The molecule has 2 fully saturated rings. The van der Waals surface area contributed by atoms with Gasteiger partial charge in [-0.2, -0.15) is 0 Å². The lowest BCUT2D eigenvalue weighted by Gasteiger charge is -2.37. The highest BCUT2D eigenvalue weighted by Crippen LogP contribution is 2.37. The summed E-state index contributed by atoms with van der Waals surface area (Å²) in [6, 6.07) is 9.90. The topological polar surface area (TPSA) is 12.0 Å². The van der Waals surface area contributed by atoms with Gasteiger partial charge in [-0.1, -0.05) is 42.7 Å². The van der Waals surface area contributed by atoms with E-state index in [1.54, 1.807) is 5.56 Å². The third-order valence-corrected chi connectivity index (χ3v) is 4.86. The van der Waals surface area contributed by atoms with E-state index < -0.39 is 0 Å². The van der Waals surface area contributed by atoms with Crippen LogP contribution in [0.4, 0.5) is 0 Å². The second-order valence-electron chi connectivity index (χ2n) is 6.33. The van der Waals surface area contributed by atoms with E-state index in [-0.39, 0.29) is 0 Å².